The first-order chi connectivity index (χ1) is 12.2. The van der Waals surface area contributed by atoms with Gasteiger partial charge in [0.25, 0.3) is 0 Å². The van der Waals surface area contributed by atoms with Gasteiger partial charge in [-0.2, -0.15) is 0 Å². The topological polar surface area (TPSA) is 36.9 Å². The van der Waals surface area contributed by atoms with Gasteiger partial charge < -0.3 is 15.0 Å². The predicted octanol–water partition coefficient (Wildman–Crippen LogP) is 3.40. The van der Waals surface area contributed by atoms with Crippen molar-refractivity contribution < 1.29 is 9.13 Å². The SMILES string of the molecule is CN=C(NCc1ccc(F)cc1)N1CCC(c2ccc(OC)cc2)C1. The van der Waals surface area contributed by atoms with Crippen molar-refractivity contribution in [2.75, 3.05) is 27.2 Å². The summed E-state index contributed by atoms with van der Waals surface area (Å²) in [5, 5.41) is 3.37. The van der Waals surface area contributed by atoms with Crippen LogP contribution in [0.5, 0.6) is 5.75 Å². The number of hydrogen-bond donors (Lipinski definition) is 1. The molecule has 1 saturated heterocycles. The lowest BCUT2D eigenvalue weighted by atomic mass is 9.98. The Kier molecular flexibility index (Phi) is 5.53. The Morgan fingerprint density at radius 2 is 1.92 bits per heavy atom. The third kappa shape index (κ3) is 4.29. The number of guanidine groups is 1. The van der Waals surface area contributed by atoms with E-state index in [1.54, 1.807) is 26.3 Å². The lowest BCUT2D eigenvalue weighted by Crippen LogP contribution is -2.39. The Morgan fingerprint density at radius 1 is 1.20 bits per heavy atom. The van der Waals surface area contributed by atoms with Crippen LogP contribution in [-0.4, -0.2) is 38.1 Å². The summed E-state index contributed by atoms with van der Waals surface area (Å²) in [4.78, 5) is 6.67. The first-order valence-electron chi connectivity index (χ1n) is 8.53. The molecule has 0 aliphatic carbocycles. The Morgan fingerprint density at radius 3 is 2.56 bits per heavy atom. The minimum absolute atomic E-state index is 0.213. The summed E-state index contributed by atoms with van der Waals surface area (Å²) in [6, 6.07) is 14.9. The highest BCUT2D eigenvalue weighted by Gasteiger charge is 2.26. The molecule has 0 aromatic heterocycles. The number of benzene rings is 2. The molecule has 1 unspecified atom stereocenters. The summed E-state index contributed by atoms with van der Waals surface area (Å²) in [7, 11) is 3.48. The molecular formula is C20H24FN3O. The van der Waals surface area contributed by atoms with Gasteiger partial charge in [-0.05, 0) is 41.8 Å². The van der Waals surface area contributed by atoms with E-state index in [-0.39, 0.29) is 5.82 Å². The predicted molar refractivity (Wildman–Crippen MR) is 98.5 cm³/mol. The van der Waals surface area contributed by atoms with E-state index >= 15 is 0 Å². The zero-order chi connectivity index (χ0) is 17.6. The maximum atomic E-state index is 13.0. The second-order valence-corrected chi connectivity index (χ2v) is 6.23. The number of methoxy groups -OCH3 is 1. The molecule has 1 N–H and O–H groups in total. The van der Waals surface area contributed by atoms with Gasteiger partial charge in [-0.15, -0.1) is 0 Å². The largest absolute Gasteiger partial charge is 0.497 e. The standard InChI is InChI=1S/C20H24FN3O/c1-22-20(23-13-15-3-7-18(21)8-4-15)24-12-11-17(14-24)16-5-9-19(25-2)10-6-16/h3-10,17H,11-14H2,1-2H3,(H,22,23). The lowest BCUT2D eigenvalue weighted by molar-refractivity contribution is 0.414. The van der Waals surface area contributed by atoms with Gasteiger partial charge in [0.1, 0.15) is 11.6 Å². The van der Waals surface area contributed by atoms with Crippen molar-refractivity contribution in [3.8, 4) is 5.75 Å². The monoisotopic (exact) mass is 341 g/mol. The average Bonchev–Trinajstić information content (AvgIpc) is 3.14. The second kappa shape index (κ2) is 8.01. The number of halogens is 1. The van der Waals surface area contributed by atoms with Gasteiger partial charge in [-0.25, -0.2) is 4.39 Å². The minimum atomic E-state index is -0.213. The molecule has 1 atom stereocenters. The van der Waals surface area contributed by atoms with Crippen molar-refractivity contribution in [3.05, 3.63) is 65.5 Å². The molecule has 0 spiro atoms. The van der Waals surface area contributed by atoms with Crippen LogP contribution in [0, 0.1) is 5.82 Å². The van der Waals surface area contributed by atoms with E-state index in [1.165, 1.54) is 17.7 Å². The summed E-state index contributed by atoms with van der Waals surface area (Å²) < 4.78 is 18.2. The molecule has 0 saturated carbocycles. The summed E-state index contributed by atoms with van der Waals surface area (Å²) in [5.41, 5.74) is 2.37. The van der Waals surface area contributed by atoms with Crippen molar-refractivity contribution in [3.63, 3.8) is 0 Å². The fraction of sp³-hybridized carbons (Fsp3) is 0.350. The molecule has 0 bridgehead atoms. The van der Waals surface area contributed by atoms with Gasteiger partial charge in [0.15, 0.2) is 5.96 Å². The van der Waals surface area contributed by atoms with Gasteiger partial charge in [0, 0.05) is 32.6 Å². The fourth-order valence-electron chi connectivity index (χ4n) is 3.22. The summed E-state index contributed by atoms with van der Waals surface area (Å²) in [6.45, 7) is 2.55. The van der Waals surface area contributed by atoms with E-state index in [9.17, 15) is 4.39 Å². The average molecular weight is 341 g/mol. The zero-order valence-corrected chi connectivity index (χ0v) is 14.7. The number of hydrogen-bond acceptors (Lipinski definition) is 2. The molecule has 4 nitrogen and oxygen atoms in total. The third-order valence-corrected chi connectivity index (χ3v) is 4.65. The minimum Gasteiger partial charge on any atom is -0.497 e. The summed E-state index contributed by atoms with van der Waals surface area (Å²) in [6.07, 6.45) is 1.10. The van der Waals surface area contributed by atoms with Crippen LogP contribution in [0.3, 0.4) is 0 Å². The summed E-state index contributed by atoms with van der Waals surface area (Å²) in [5.74, 6) is 2.06. The van der Waals surface area contributed by atoms with Crippen molar-refractivity contribution in [1.82, 2.24) is 10.2 Å². The van der Waals surface area contributed by atoms with E-state index in [1.807, 2.05) is 12.1 Å². The van der Waals surface area contributed by atoms with Gasteiger partial charge in [-0.1, -0.05) is 24.3 Å². The first-order valence-corrected chi connectivity index (χ1v) is 8.53. The van der Waals surface area contributed by atoms with Crippen LogP contribution in [0.25, 0.3) is 0 Å². The van der Waals surface area contributed by atoms with Crippen LogP contribution in [0.1, 0.15) is 23.5 Å². The molecule has 1 fully saturated rings. The molecule has 3 rings (SSSR count). The maximum Gasteiger partial charge on any atom is 0.193 e. The Labute approximate surface area is 148 Å². The van der Waals surface area contributed by atoms with Gasteiger partial charge in [0.05, 0.1) is 7.11 Å². The fourth-order valence-corrected chi connectivity index (χ4v) is 3.22. The number of aliphatic imine (C=N–C) groups is 1. The van der Waals surface area contributed by atoms with Crippen molar-refractivity contribution in [2.24, 2.45) is 4.99 Å². The van der Waals surface area contributed by atoms with Gasteiger partial charge in [0.2, 0.25) is 0 Å². The Balaban J connectivity index is 1.58. The Bertz CT molecular complexity index is 713. The quantitative estimate of drug-likeness (QED) is 0.684. The van der Waals surface area contributed by atoms with Crippen LogP contribution in [0.2, 0.25) is 0 Å². The highest BCUT2D eigenvalue weighted by atomic mass is 19.1. The molecule has 0 radical (unpaired) electrons. The lowest BCUT2D eigenvalue weighted by Gasteiger charge is -2.22. The number of nitrogens with one attached hydrogen (secondary N) is 1. The van der Waals surface area contributed by atoms with E-state index in [0.717, 1.165) is 36.8 Å². The molecule has 25 heavy (non-hydrogen) atoms. The molecule has 132 valence electrons. The molecule has 1 aliphatic heterocycles. The van der Waals surface area contributed by atoms with Crippen LogP contribution in [0.15, 0.2) is 53.5 Å². The molecule has 2 aromatic carbocycles. The van der Waals surface area contributed by atoms with Crippen LogP contribution < -0.4 is 10.1 Å². The number of nitrogens with zero attached hydrogens (tertiary/aromatic N) is 2. The van der Waals surface area contributed by atoms with Crippen molar-refractivity contribution >= 4 is 5.96 Å². The summed E-state index contributed by atoms with van der Waals surface area (Å²) >= 11 is 0. The van der Waals surface area contributed by atoms with Crippen LogP contribution >= 0.6 is 0 Å². The maximum absolute atomic E-state index is 13.0. The molecule has 2 aromatic rings. The first kappa shape index (κ1) is 17.3. The number of likely N-dealkylation sites (tertiary alicyclic amines) is 1. The molecule has 5 heteroatoms. The normalized spacial score (nSPS) is 17.6. The Hall–Kier alpha value is -2.56. The van der Waals surface area contributed by atoms with Gasteiger partial charge in [-0.3, -0.25) is 4.99 Å². The van der Waals surface area contributed by atoms with Crippen molar-refractivity contribution in [2.45, 2.75) is 18.9 Å². The second-order valence-electron chi connectivity index (χ2n) is 6.23. The number of ether oxygens (including phenoxy) is 1. The van der Waals surface area contributed by atoms with E-state index in [4.69, 9.17) is 4.74 Å². The van der Waals surface area contributed by atoms with Crippen LogP contribution in [0.4, 0.5) is 4.39 Å². The highest BCUT2D eigenvalue weighted by Crippen LogP contribution is 2.28. The van der Waals surface area contributed by atoms with E-state index in [0.29, 0.717) is 12.5 Å². The van der Waals surface area contributed by atoms with E-state index < -0.39 is 0 Å². The highest BCUT2D eigenvalue weighted by molar-refractivity contribution is 5.80. The van der Waals surface area contributed by atoms with Crippen LogP contribution in [-0.2, 0) is 6.54 Å². The smallest absolute Gasteiger partial charge is 0.193 e. The van der Waals surface area contributed by atoms with E-state index in [2.05, 4.69) is 27.3 Å². The molecule has 1 aliphatic rings. The number of rotatable bonds is 4. The molecular weight excluding hydrogens is 317 g/mol. The zero-order valence-electron chi connectivity index (χ0n) is 14.7. The molecule has 1 heterocycles. The van der Waals surface area contributed by atoms with Gasteiger partial charge >= 0.3 is 0 Å². The molecule has 0 amide bonds. The third-order valence-electron chi connectivity index (χ3n) is 4.65. The van der Waals surface area contributed by atoms with Crippen molar-refractivity contribution in [1.29, 1.82) is 0 Å².